The van der Waals surface area contributed by atoms with Crippen LogP contribution in [-0.2, 0) is 0 Å². The van der Waals surface area contributed by atoms with E-state index >= 15 is 0 Å². The minimum absolute atomic E-state index is 0.694. The maximum absolute atomic E-state index is 5.26. The van der Waals surface area contributed by atoms with Gasteiger partial charge in [0.1, 0.15) is 11.5 Å². The fraction of sp³-hybridized carbons (Fsp3) is 0.500. The third-order valence-electron chi connectivity index (χ3n) is 1.30. The molecule has 2 heteroatoms. The van der Waals surface area contributed by atoms with Crippen LogP contribution in [-0.4, -0.2) is 6.61 Å². The third-order valence-corrected chi connectivity index (χ3v) is 1.30. The lowest BCUT2D eigenvalue weighted by molar-refractivity contribution is 0.330. The fourth-order valence-electron chi connectivity index (χ4n) is 0.906. The quantitative estimate of drug-likeness (QED) is 0.628. The zero-order valence-corrected chi connectivity index (χ0v) is 6.60. The summed E-state index contributed by atoms with van der Waals surface area (Å²) in [5, 5.41) is 0. The zero-order chi connectivity index (χ0) is 7.56. The molecule has 1 aromatic rings. The maximum atomic E-state index is 5.26. The van der Waals surface area contributed by atoms with E-state index in [0.29, 0.717) is 6.61 Å². The lowest BCUT2D eigenvalue weighted by Gasteiger charge is -1.97. The van der Waals surface area contributed by atoms with E-state index < -0.39 is 0 Å². The van der Waals surface area contributed by atoms with Crippen LogP contribution in [0, 0.1) is 13.8 Å². The first-order valence-corrected chi connectivity index (χ1v) is 3.44. The molecule has 0 spiro atoms. The lowest BCUT2D eigenvalue weighted by atomic mass is 10.4. The van der Waals surface area contributed by atoms with Gasteiger partial charge in [0.15, 0.2) is 5.75 Å². The van der Waals surface area contributed by atoms with Crippen molar-refractivity contribution in [3.05, 3.63) is 17.6 Å². The Morgan fingerprint density at radius 3 is 2.60 bits per heavy atom. The SMILES string of the molecule is CCOc1cc(C)oc1C. The Hall–Kier alpha value is -0.920. The first-order chi connectivity index (χ1) is 4.74. The molecule has 1 aromatic heterocycles. The van der Waals surface area contributed by atoms with Gasteiger partial charge in [0, 0.05) is 6.07 Å². The summed E-state index contributed by atoms with van der Waals surface area (Å²) in [4.78, 5) is 0. The van der Waals surface area contributed by atoms with Gasteiger partial charge >= 0.3 is 0 Å². The fourth-order valence-corrected chi connectivity index (χ4v) is 0.906. The molecule has 1 rings (SSSR count). The van der Waals surface area contributed by atoms with Crippen LogP contribution in [0.25, 0.3) is 0 Å². The van der Waals surface area contributed by atoms with Crippen molar-refractivity contribution in [1.82, 2.24) is 0 Å². The summed E-state index contributed by atoms with van der Waals surface area (Å²) in [6, 6.07) is 1.90. The van der Waals surface area contributed by atoms with Crippen molar-refractivity contribution in [3.8, 4) is 5.75 Å². The van der Waals surface area contributed by atoms with Gasteiger partial charge in [-0.05, 0) is 20.8 Å². The molecule has 0 saturated carbocycles. The Kier molecular flexibility index (Phi) is 2.00. The molecule has 0 saturated heterocycles. The van der Waals surface area contributed by atoms with Crippen molar-refractivity contribution in [2.75, 3.05) is 6.61 Å². The number of ether oxygens (including phenoxy) is 1. The Morgan fingerprint density at radius 1 is 1.50 bits per heavy atom. The standard InChI is InChI=1S/C8H12O2/c1-4-9-8-5-6(2)10-7(8)3/h5H,4H2,1-3H3. The molecule has 56 valence electrons. The monoisotopic (exact) mass is 140 g/mol. The van der Waals surface area contributed by atoms with E-state index in [1.807, 2.05) is 26.8 Å². The molecule has 0 amide bonds. The summed E-state index contributed by atoms with van der Waals surface area (Å²) < 4.78 is 10.5. The highest BCUT2D eigenvalue weighted by molar-refractivity contribution is 5.26. The number of hydrogen-bond donors (Lipinski definition) is 0. The molecule has 0 atom stereocenters. The number of hydrogen-bond acceptors (Lipinski definition) is 2. The summed E-state index contributed by atoms with van der Waals surface area (Å²) in [7, 11) is 0. The van der Waals surface area contributed by atoms with Gasteiger partial charge in [-0.15, -0.1) is 0 Å². The van der Waals surface area contributed by atoms with Crippen molar-refractivity contribution in [3.63, 3.8) is 0 Å². The lowest BCUT2D eigenvalue weighted by Crippen LogP contribution is -1.90. The normalized spacial score (nSPS) is 9.90. The highest BCUT2D eigenvalue weighted by Crippen LogP contribution is 2.21. The predicted octanol–water partition coefficient (Wildman–Crippen LogP) is 2.30. The maximum Gasteiger partial charge on any atom is 0.160 e. The van der Waals surface area contributed by atoms with Gasteiger partial charge in [0.25, 0.3) is 0 Å². The van der Waals surface area contributed by atoms with Crippen molar-refractivity contribution in [1.29, 1.82) is 0 Å². The van der Waals surface area contributed by atoms with Crippen LogP contribution in [0.3, 0.4) is 0 Å². The molecule has 0 N–H and O–H groups in total. The number of rotatable bonds is 2. The molecular weight excluding hydrogens is 128 g/mol. The van der Waals surface area contributed by atoms with E-state index in [-0.39, 0.29) is 0 Å². The summed E-state index contributed by atoms with van der Waals surface area (Å²) in [5.41, 5.74) is 0. The molecule has 0 unspecified atom stereocenters. The van der Waals surface area contributed by atoms with Crippen molar-refractivity contribution >= 4 is 0 Å². The van der Waals surface area contributed by atoms with Gasteiger partial charge in [0.05, 0.1) is 6.61 Å². The molecule has 0 aromatic carbocycles. The van der Waals surface area contributed by atoms with Gasteiger partial charge in [-0.2, -0.15) is 0 Å². The smallest absolute Gasteiger partial charge is 0.160 e. The summed E-state index contributed by atoms with van der Waals surface area (Å²) in [5.74, 6) is 2.63. The topological polar surface area (TPSA) is 22.4 Å². The van der Waals surface area contributed by atoms with Crippen molar-refractivity contribution in [2.45, 2.75) is 20.8 Å². The van der Waals surface area contributed by atoms with Crippen LogP contribution in [0.1, 0.15) is 18.4 Å². The summed E-state index contributed by atoms with van der Waals surface area (Å²) in [6.45, 7) is 6.47. The van der Waals surface area contributed by atoms with Crippen LogP contribution in [0.15, 0.2) is 10.5 Å². The van der Waals surface area contributed by atoms with Crippen molar-refractivity contribution < 1.29 is 9.15 Å². The van der Waals surface area contributed by atoms with E-state index in [9.17, 15) is 0 Å². The predicted molar refractivity (Wildman–Crippen MR) is 39.4 cm³/mol. The van der Waals surface area contributed by atoms with Crippen LogP contribution in [0.2, 0.25) is 0 Å². The molecule has 10 heavy (non-hydrogen) atoms. The molecule has 1 heterocycles. The minimum atomic E-state index is 0.694. The van der Waals surface area contributed by atoms with E-state index in [0.717, 1.165) is 17.3 Å². The molecular formula is C8H12O2. The second kappa shape index (κ2) is 2.78. The van der Waals surface area contributed by atoms with E-state index in [1.54, 1.807) is 0 Å². The molecule has 0 aliphatic rings. The van der Waals surface area contributed by atoms with Crippen LogP contribution in [0.4, 0.5) is 0 Å². The second-order valence-corrected chi connectivity index (χ2v) is 2.21. The number of aryl methyl sites for hydroxylation is 2. The van der Waals surface area contributed by atoms with Crippen LogP contribution in [0.5, 0.6) is 5.75 Å². The van der Waals surface area contributed by atoms with Gasteiger partial charge in [-0.3, -0.25) is 0 Å². The summed E-state index contributed by atoms with van der Waals surface area (Å²) in [6.07, 6.45) is 0. The Labute approximate surface area is 60.8 Å². The molecule has 0 aliphatic carbocycles. The summed E-state index contributed by atoms with van der Waals surface area (Å²) >= 11 is 0. The Morgan fingerprint density at radius 2 is 2.20 bits per heavy atom. The average molecular weight is 140 g/mol. The Bertz CT molecular complexity index is 213. The molecule has 2 nitrogen and oxygen atoms in total. The second-order valence-electron chi connectivity index (χ2n) is 2.21. The van der Waals surface area contributed by atoms with Crippen molar-refractivity contribution in [2.24, 2.45) is 0 Å². The molecule has 0 bridgehead atoms. The van der Waals surface area contributed by atoms with Gasteiger partial charge in [-0.1, -0.05) is 0 Å². The average Bonchev–Trinajstić information content (AvgIpc) is 2.13. The van der Waals surface area contributed by atoms with E-state index in [1.165, 1.54) is 0 Å². The largest absolute Gasteiger partial charge is 0.490 e. The van der Waals surface area contributed by atoms with Gasteiger partial charge in [0.2, 0.25) is 0 Å². The van der Waals surface area contributed by atoms with E-state index in [4.69, 9.17) is 9.15 Å². The van der Waals surface area contributed by atoms with E-state index in [2.05, 4.69) is 0 Å². The highest BCUT2D eigenvalue weighted by Gasteiger charge is 2.02. The number of furan rings is 1. The highest BCUT2D eigenvalue weighted by atomic mass is 16.5. The van der Waals surface area contributed by atoms with Gasteiger partial charge < -0.3 is 9.15 Å². The van der Waals surface area contributed by atoms with Gasteiger partial charge in [-0.25, -0.2) is 0 Å². The zero-order valence-electron chi connectivity index (χ0n) is 6.60. The first-order valence-electron chi connectivity index (χ1n) is 3.44. The molecule has 0 fully saturated rings. The molecule has 0 aliphatic heterocycles. The first kappa shape index (κ1) is 7.19. The third kappa shape index (κ3) is 1.32. The Balaban J connectivity index is 2.81. The van der Waals surface area contributed by atoms with Crippen LogP contribution < -0.4 is 4.74 Å². The minimum Gasteiger partial charge on any atom is -0.490 e. The molecule has 0 radical (unpaired) electrons. The van der Waals surface area contributed by atoms with Crippen LogP contribution >= 0.6 is 0 Å².